The summed E-state index contributed by atoms with van der Waals surface area (Å²) >= 11 is 0. The predicted molar refractivity (Wildman–Crippen MR) is 66.4 cm³/mol. The molecule has 0 unspecified atom stereocenters. The molecule has 3 heteroatoms. The Morgan fingerprint density at radius 3 is 1.87 bits per heavy atom. The molecule has 0 N–H and O–H groups in total. The van der Waals surface area contributed by atoms with E-state index in [1.54, 1.807) is 0 Å². The molecule has 0 saturated heterocycles. The average Bonchev–Trinajstić information content (AvgIpc) is 2.22. The number of hydrogen-bond acceptors (Lipinski definition) is 3. The summed E-state index contributed by atoms with van der Waals surface area (Å²) < 4.78 is 5.57. The molecular weight excluding hydrogens is 188 g/mol. The fourth-order valence-electron chi connectivity index (χ4n) is 1.51. The molecule has 0 aliphatic rings. The highest BCUT2D eigenvalue weighted by Gasteiger charge is 1.98. The van der Waals surface area contributed by atoms with Gasteiger partial charge in [0.05, 0.1) is 0 Å². The summed E-state index contributed by atoms with van der Waals surface area (Å²) in [4.78, 5) is 4.63. The first-order valence-corrected chi connectivity index (χ1v) is 6.15. The van der Waals surface area contributed by atoms with Gasteiger partial charge in [0.2, 0.25) is 0 Å². The van der Waals surface area contributed by atoms with Crippen LogP contribution in [-0.4, -0.2) is 63.3 Å². The maximum Gasteiger partial charge on any atom is 0.0478 e. The normalized spacial score (nSPS) is 11.6. The molecule has 0 fully saturated rings. The minimum Gasteiger partial charge on any atom is -0.381 e. The molecule has 0 atom stereocenters. The second-order valence-electron chi connectivity index (χ2n) is 4.15. The zero-order valence-electron chi connectivity index (χ0n) is 11.0. The van der Waals surface area contributed by atoms with Crippen LogP contribution in [0.15, 0.2) is 0 Å². The number of nitrogens with zero attached hydrogens (tertiary/aromatic N) is 2. The third-order valence-electron chi connectivity index (χ3n) is 2.55. The van der Waals surface area contributed by atoms with Crippen molar-refractivity contribution >= 4 is 0 Å². The number of ether oxygens (including phenoxy) is 1. The van der Waals surface area contributed by atoms with Crippen LogP contribution in [0.2, 0.25) is 0 Å². The topological polar surface area (TPSA) is 15.7 Å². The summed E-state index contributed by atoms with van der Waals surface area (Å²) in [5.41, 5.74) is 0. The quantitative estimate of drug-likeness (QED) is 0.517. The van der Waals surface area contributed by atoms with Gasteiger partial charge in [-0.05, 0) is 46.6 Å². The van der Waals surface area contributed by atoms with Crippen LogP contribution in [0.4, 0.5) is 0 Å². The molecule has 0 aliphatic heterocycles. The average molecular weight is 216 g/mol. The Bertz CT molecular complexity index is 125. The lowest BCUT2D eigenvalue weighted by molar-refractivity contribution is 0.115. The summed E-state index contributed by atoms with van der Waals surface area (Å²) in [6, 6.07) is 0. The summed E-state index contributed by atoms with van der Waals surface area (Å²) in [6.45, 7) is 10.8. The highest BCUT2D eigenvalue weighted by atomic mass is 16.5. The zero-order valence-corrected chi connectivity index (χ0v) is 11.0. The molecule has 0 amide bonds. The standard InChI is InChI=1S/C12H28N2O/c1-5-14(6-2)10-8-12-15-11-7-9-13(3)4/h5-12H2,1-4H3. The summed E-state index contributed by atoms with van der Waals surface area (Å²) in [5, 5.41) is 0. The molecular formula is C12H28N2O. The van der Waals surface area contributed by atoms with Gasteiger partial charge in [-0.25, -0.2) is 0 Å². The lowest BCUT2D eigenvalue weighted by Crippen LogP contribution is -2.25. The molecule has 15 heavy (non-hydrogen) atoms. The lowest BCUT2D eigenvalue weighted by atomic mass is 10.4. The Morgan fingerprint density at radius 1 is 0.867 bits per heavy atom. The van der Waals surface area contributed by atoms with Crippen LogP contribution >= 0.6 is 0 Å². The van der Waals surface area contributed by atoms with E-state index in [2.05, 4.69) is 37.7 Å². The summed E-state index contributed by atoms with van der Waals surface area (Å²) in [7, 11) is 4.20. The molecule has 0 rings (SSSR count). The van der Waals surface area contributed by atoms with Crippen molar-refractivity contribution in [3.05, 3.63) is 0 Å². The maximum absolute atomic E-state index is 5.57. The second-order valence-corrected chi connectivity index (χ2v) is 4.15. The molecule has 0 radical (unpaired) electrons. The SMILES string of the molecule is CCN(CC)CCCOCCCN(C)C. The van der Waals surface area contributed by atoms with Crippen LogP contribution in [-0.2, 0) is 4.74 Å². The molecule has 0 aromatic carbocycles. The number of hydrogen-bond donors (Lipinski definition) is 0. The molecule has 0 heterocycles. The van der Waals surface area contributed by atoms with Crippen molar-refractivity contribution in [1.82, 2.24) is 9.80 Å². The first-order chi connectivity index (χ1) is 7.20. The minimum absolute atomic E-state index is 0.899. The van der Waals surface area contributed by atoms with Crippen LogP contribution < -0.4 is 0 Å². The molecule has 0 aromatic rings. The predicted octanol–water partition coefficient (Wildman–Crippen LogP) is 1.69. The zero-order chi connectivity index (χ0) is 11.5. The van der Waals surface area contributed by atoms with Crippen LogP contribution in [0, 0.1) is 0 Å². The molecule has 0 aromatic heterocycles. The third-order valence-corrected chi connectivity index (χ3v) is 2.55. The van der Waals surface area contributed by atoms with Gasteiger partial charge in [0, 0.05) is 19.8 Å². The molecule has 92 valence electrons. The highest BCUT2D eigenvalue weighted by Crippen LogP contribution is 1.92. The van der Waals surface area contributed by atoms with Crippen molar-refractivity contribution in [1.29, 1.82) is 0 Å². The first kappa shape index (κ1) is 14.9. The van der Waals surface area contributed by atoms with E-state index in [9.17, 15) is 0 Å². The third kappa shape index (κ3) is 10.2. The van der Waals surface area contributed by atoms with Crippen molar-refractivity contribution < 1.29 is 4.74 Å². The number of rotatable bonds is 10. The first-order valence-electron chi connectivity index (χ1n) is 6.15. The van der Waals surface area contributed by atoms with E-state index >= 15 is 0 Å². The van der Waals surface area contributed by atoms with Crippen molar-refractivity contribution in [2.24, 2.45) is 0 Å². The van der Waals surface area contributed by atoms with Gasteiger partial charge in [0.1, 0.15) is 0 Å². The van der Waals surface area contributed by atoms with Crippen LogP contribution in [0.3, 0.4) is 0 Å². The second kappa shape index (κ2) is 10.4. The largest absolute Gasteiger partial charge is 0.381 e. The lowest BCUT2D eigenvalue weighted by Gasteiger charge is -2.17. The Morgan fingerprint density at radius 2 is 1.40 bits per heavy atom. The Labute approximate surface area is 95.4 Å². The van der Waals surface area contributed by atoms with Crippen molar-refractivity contribution in [3.63, 3.8) is 0 Å². The van der Waals surface area contributed by atoms with E-state index in [4.69, 9.17) is 4.74 Å². The molecule has 0 spiro atoms. The Kier molecular flexibility index (Phi) is 10.3. The van der Waals surface area contributed by atoms with E-state index in [1.807, 2.05) is 0 Å². The summed E-state index contributed by atoms with van der Waals surface area (Å²) in [6.07, 6.45) is 2.29. The van der Waals surface area contributed by atoms with Gasteiger partial charge in [-0.2, -0.15) is 0 Å². The van der Waals surface area contributed by atoms with Gasteiger partial charge in [-0.3, -0.25) is 0 Å². The van der Waals surface area contributed by atoms with Crippen molar-refractivity contribution in [3.8, 4) is 0 Å². The van der Waals surface area contributed by atoms with Gasteiger partial charge in [0.15, 0.2) is 0 Å². The van der Waals surface area contributed by atoms with Gasteiger partial charge < -0.3 is 14.5 Å². The van der Waals surface area contributed by atoms with Gasteiger partial charge in [0.25, 0.3) is 0 Å². The van der Waals surface area contributed by atoms with Gasteiger partial charge in [-0.1, -0.05) is 13.8 Å². The van der Waals surface area contributed by atoms with E-state index < -0.39 is 0 Å². The van der Waals surface area contributed by atoms with Gasteiger partial charge >= 0.3 is 0 Å². The van der Waals surface area contributed by atoms with Crippen LogP contribution in [0.5, 0.6) is 0 Å². The monoisotopic (exact) mass is 216 g/mol. The fourth-order valence-corrected chi connectivity index (χ4v) is 1.51. The Balaban J connectivity index is 3.10. The Hall–Kier alpha value is -0.120. The van der Waals surface area contributed by atoms with E-state index in [0.29, 0.717) is 0 Å². The van der Waals surface area contributed by atoms with Gasteiger partial charge in [-0.15, -0.1) is 0 Å². The van der Waals surface area contributed by atoms with E-state index in [-0.39, 0.29) is 0 Å². The van der Waals surface area contributed by atoms with E-state index in [0.717, 1.165) is 45.7 Å². The molecule has 3 nitrogen and oxygen atoms in total. The maximum atomic E-state index is 5.57. The summed E-state index contributed by atoms with van der Waals surface area (Å²) in [5.74, 6) is 0. The van der Waals surface area contributed by atoms with E-state index in [1.165, 1.54) is 6.54 Å². The highest BCUT2D eigenvalue weighted by molar-refractivity contribution is 4.51. The smallest absolute Gasteiger partial charge is 0.0478 e. The fraction of sp³-hybridized carbons (Fsp3) is 1.00. The van der Waals surface area contributed by atoms with Crippen molar-refractivity contribution in [2.45, 2.75) is 26.7 Å². The van der Waals surface area contributed by atoms with Crippen LogP contribution in [0.25, 0.3) is 0 Å². The molecule has 0 bridgehead atoms. The molecule has 0 saturated carbocycles. The van der Waals surface area contributed by atoms with Crippen LogP contribution in [0.1, 0.15) is 26.7 Å². The van der Waals surface area contributed by atoms with Crippen molar-refractivity contribution in [2.75, 3.05) is 53.5 Å². The minimum atomic E-state index is 0.899. The molecule has 0 aliphatic carbocycles.